The van der Waals surface area contributed by atoms with Crippen molar-refractivity contribution in [3.8, 4) is 0 Å². The first-order valence-corrected chi connectivity index (χ1v) is 13.4. The maximum atomic E-state index is 13.1. The molecule has 9 N–H and O–H groups in total. The van der Waals surface area contributed by atoms with E-state index in [1.54, 1.807) is 45.1 Å². The zero-order chi connectivity index (χ0) is 30.8. The Morgan fingerprint density at radius 2 is 1.83 bits per heavy atom. The first-order valence-electron chi connectivity index (χ1n) is 13.4. The smallest absolute Gasteiger partial charge is 0.338 e. The second kappa shape index (κ2) is 14.1. The third-order valence-electron chi connectivity index (χ3n) is 6.68. The van der Waals surface area contributed by atoms with Crippen molar-refractivity contribution in [2.45, 2.75) is 70.1 Å². The van der Waals surface area contributed by atoms with Crippen molar-refractivity contribution >= 4 is 34.5 Å². The number of ketones is 1. The van der Waals surface area contributed by atoms with Crippen LogP contribution in [0, 0.1) is 5.41 Å². The number of Topliss-reactive ketones (excluding diaryl/α,β-unsaturated/α-hetero) is 1. The number of nitrogens with two attached hydrogens (primary N) is 4. The summed E-state index contributed by atoms with van der Waals surface area (Å²) in [6.45, 7) is 5.31. The normalized spacial score (nSPS) is 18.5. The molecule has 0 saturated carbocycles. The van der Waals surface area contributed by atoms with Crippen molar-refractivity contribution in [2.24, 2.45) is 28.3 Å². The van der Waals surface area contributed by atoms with Crippen molar-refractivity contribution in [2.75, 3.05) is 6.54 Å². The van der Waals surface area contributed by atoms with E-state index in [1.807, 2.05) is 30.3 Å². The van der Waals surface area contributed by atoms with Gasteiger partial charge >= 0.3 is 11.9 Å². The van der Waals surface area contributed by atoms with Crippen molar-refractivity contribution < 1.29 is 29.0 Å². The third kappa shape index (κ3) is 9.04. The van der Waals surface area contributed by atoms with E-state index in [4.69, 9.17) is 27.7 Å². The van der Waals surface area contributed by atoms with Crippen LogP contribution in [0.25, 0.3) is 10.9 Å². The molecule has 0 saturated heterocycles. The zero-order valence-corrected chi connectivity index (χ0v) is 23.8. The zero-order valence-electron chi connectivity index (χ0n) is 23.8. The fourth-order valence-electron chi connectivity index (χ4n) is 4.29. The van der Waals surface area contributed by atoms with Crippen LogP contribution in [0.2, 0.25) is 0 Å². The number of hydrogen-bond donors (Lipinski definition) is 5. The van der Waals surface area contributed by atoms with Gasteiger partial charge in [0.05, 0.1) is 22.5 Å². The number of ether oxygens (including phenoxy) is 1. The second-order valence-electron chi connectivity index (χ2n) is 11.1. The molecule has 2 aromatic rings. The number of primary amides is 1. The van der Waals surface area contributed by atoms with Crippen LogP contribution >= 0.6 is 0 Å². The van der Waals surface area contributed by atoms with E-state index in [0.717, 1.165) is 10.9 Å². The Kier molecular flexibility index (Phi) is 11.5. The Morgan fingerprint density at radius 3 is 2.39 bits per heavy atom. The molecule has 11 nitrogen and oxygen atoms in total. The number of esters is 1. The highest BCUT2D eigenvalue weighted by Gasteiger charge is 2.48. The van der Waals surface area contributed by atoms with E-state index in [2.05, 4.69) is 4.98 Å². The number of benzene rings is 1. The number of aromatic nitrogens is 1. The minimum absolute atomic E-state index is 0.0606. The van der Waals surface area contributed by atoms with Gasteiger partial charge in [-0.15, -0.1) is 0 Å². The molecule has 0 radical (unpaired) electrons. The average Bonchev–Trinajstić information content (AvgIpc) is 2.93. The van der Waals surface area contributed by atoms with E-state index < -0.39 is 40.4 Å². The number of carboxylic acid groups (broad SMARTS) is 1. The maximum Gasteiger partial charge on any atom is 0.338 e. The fraction of sp³-hybridized carbons (Fsp3) is 0.433. The van der Waals surface area contributed by atoms with Crippen molar-refractivity contribution in [1.29, 1.82) is 0 Å². The van der Waals surface area contributed by atoms with Gasteiger partial charge in [0.2, 0.25) is 11.4 Å². The highest BCUT2D eigenvalue weighted by molar-refractivity contribution is 6.04. The number of para-hydroxylation sites is 1. The topological polar surface area (TPSA) is 215 Å². The lowest BCUT2D eigenvalue weighted by Crippen LogP contribution is -2.58. The Labute approximate surface area is 240 Å². The van der Waals surface area contributed by atoms with Gasteiger partial charge < -0.3 is 32.8 Å². The molecular weight excluding hydrogens is 526 g/mol. The lowest BCUT2D eigenvalue weighted by molar-refractivity contribution is -0.170. The van der Waals surface area contributed by atoms with Crippen LogP contribution in [0.3, 0.4) is 0 Å². The van der Waals surface area contributed by atoms with Gasteiger partial charge in [-0.25, -0.2) is 9.59 Å². The lowest BCUT2D eigenvalue weighted by atomic mass is 9.69. The Hall–Kier alpha value is -3.93. The number of amides is 1. The molecule has 0 fully saturated rings. The van der Waals surface area contributed by atoms with Gasteiger partial charge in [-0.1, -0.05) is 42.5 Å². The van der Waals surface area contributed by atoms with Gasteiger partial charge in [0.1, 0.15) is 5.60 Å². The van der Waals surface area contributed by atoms with Gasteiger partial charge in [-0.05, 0) is 71.6 Å². The molecule has 1 unspecified atom stereocenters. The Bertz CT molecular complexity index is 1320. The molecule has 1 aromatic heterocycles. The summed E-state index contributed by atoms with van der Waals surface area (Å²) in [5, 5.41) is 10.5. The molecule has 222 valence electrons. The number of aliphatic carboxylic acids is 1. The molecule has 0 bridgehead atoms. The molecule has 1 aromatic carbocycles. The summed E-state index contributed by atoms with van der Waals surface area (Å²) in [7, 11) is 0. The van der Waals surface area contributed by atoms with Crippen LogP contribution in [0.5, 0.6) is 0 Å². The Morgan fingerprint density at radius 1 is 1.15 bits per heavy atom. The molecule has 11 heteroatoms. The summed E-state index contributed by atoms with van der Waals surface area (Å²) in [4.78, 5) is 52.2. The number of carbonyl (C=O) groups is 4. The number of hydrogen-bond acceptors (Lipinski definition) is 9. The summed E-state index contributed by atoms with van der Waals surface area (Å²) in [5.74, 6) is -3.18. The summed E-state index contributed by atoms with van der Waals surface area (Å²) in [6.07, 6.45) is 9.77. The van der Waals surface area contributed by atoms with Crippen LogP contribution in [0.1, 0.15) is 63.2 Å². The largest absolute Gasteiger partial charge is 0.479 e. The standard InChI is InChI=1S/C20H33N3O5.C10H8N2O/c1-18(2,3)28-17(27)20(23,16(25)26)12-11-19(9-5-4-6-10-19)15(24)14(22)8-7-13-21;11-10(13)8-5-7-3-1-2-4-9(7)12-6-8/h4-6,9,14H,7-8,10-13,21-23H2,1-3H3,(H,25,26);1-6H,(H2,11,13)/t14-,19?,20+;/m0./s1. The predicted octanol–water partition coefficient (Wildman–Crippen LogP) is 2.36. The van der Waals surface area contributed by atoms with E-state index >= 15 is 0 Å². The van der Waals surface area contributed by atoms with Gasteiger partial charge in [-0.3, -0.25) is 14.6 Å². The molecule has 1 aliphatic rings. The number of carboxylic acids is 1. The highest BCUT2D eigenvalue weighted by atomic mass is 16.6. The van der Waals surface area contributed by atoms with Crippen LogP contribution in [0.4, 0.5) is 0 Å². The van der Waals surface area contributed by atoms with Gasteiger partial charge in [-0.2, -0.15) is 0 Å². The molecule has 1 amide bonds. The van der Waals surface area contributed by atoms with Gasteiger partial charge in [0.25, 0.3) is 0 Å². The summed E-state index contributed by atoms with van der Waals surface area (Å²) < 4.78 is 5.20. The van der Waals surface area contributed by atoms with Crippen LogP contribution in [-0.2, 0) is 19.1 Å². The van der Waals surface area contributed by atoms with Crippen LogP contribution in [-0.4, -0.2) is 57.4 Å². The van der Waals surface area contributed by atoms with Gasteiger partial charge in [0, 0.05) is 11.6 Å². The minimum Gasteiger partial charge on any atom is -0.479 e. The van der Waals surface area contributed by atoms with Crippen molar-refractivity contribution in [1.82, 2.24) is 4.98 Å². The molecular formula is C30H41N5O6. The third-order valence-corrected chi connectivity index (χ3v) is 6.68. The quantitative estimate of drug-likeness (QED) is 0.197. The molecule has 0 aliphatic heterocycles. The number of rotatable bonds is 11. The lowest BCUT2D eigenvalue weighted by Gasteiger charge is -2.35. The van der Waals surface area contributed by atoms with E-state index in [0.29, 0.717) is 31.4 Å². The van der Waals surface area contributed by atoms with E-state index in [9.17, 15) is 24.3 Å². The monoisotopic (exact) mass is 567 g/mol. The fourth-order valence-corrected chi connectivity index (χ4v) is 4.29. The summed E-state index contributed by atoms with van der Waals surface area (Å²) in [5.41, 5.74) is 19.8. The molecule has 41 heavy (non-hydrogen) atoms. The minimum atomic E-state index is -2.25. The summed E-state index contributed by atoms with van der Waals surface area (Å²) in [6, 6.07) is 8.60. The second-order valence-corrected chi connectivity index (χ2v) is 11.1. The number of nitrogens with zero attached hydrogens (tertiary/aromatic N) is 1. The molecule has 1 aliphatic carbocycles. The van der Waals surface area contributed by atoms with E-state index in [1.165, 1.54) is 6.20 Å². The van der Waals surface area contributed by atoms with Crippen LogP contribution < -0.4 is 22.9 Å². The molecule has 3 rings (SSSR count). The highest BCUT2D eigenvalue weighted by Crippen LogP contribution is 2.37. The average molecular weight is 568 g/mol. The SMILES string of the molecule is CC(C)(C)OC(=O)[C@@](N)(CCC1(C(=O)[C@@H](N)CCCN)C=CC=CC1)C(=O)O.NC(=O)c1cnc2ccccc2c1. The number of allylic oxidation sites excluding steroid dienone is 4. The first kappa shape index (κ1) is 33.3. The molecule has 3 atom stereocenters. The van der Waals surface area contributed by atoms with Crippen molar-refractivity contribution in [3.63, 3.8) is 0 Å². The van der Waals surface area contributed by atoms with Gasteiger partial charge in [0.15, 0.2) is 5.78 Å². The van der Waals surface area contributed by atoms with E-state index in [-0.39, 0.29) is 18.6 Å². The van der Waals surface area contributed by atoms with Crippen LogP contribution in [0.15, 0.2) is 60.8 Å². The molecule has 1 heterocycles. The van der Waals surface area contributed by atoms with Crippen molar-refractivity contribution in [3.05, 3.63) is 66.4 Å². The first-order chi connectivity index (χ1) is 19.1. The molecule has 0 spiro atoms. The number of pyridine rings is 1. The Balaban J connectivity index is 0.000000372. The summed E-state index contributed by atoms with van der Waals surface area (Å²) >= 11 is 0. The predicted molar refractivity (Wildman–Crippen MR) is 156 cm³/mol. The number of fused-ring (bicyclic) bond motifs is 1. The number of carbonyl (C=O) groups excluding carboxylic acids is 3. The maximum absolute atomic E-state index is 13.1.